The molecule has 0 aromatic carbocycles. The summed E-state index contributed by atoms with van der Waals surface area (Å²) >= 11 is 0. The molecule has 3 heteroatoms. The Morgan fingerprint density at radius 3 is 2.67 bits per heavy atom. The number of aliphatic hydroxyl groups is 1. The lowest BCUT2D eigenvalue weighted by atomic mass is 10.1. The van der Waals surface area contributed by atoms with Crippen LogP contribution in [0.2, 0.25) is 0 Å². The Morgan fingerprint density at radius 1 is 1.07 bits per heavy atom. The zero-order valence-electron chi connectivity index (χ0n) is 9.45. The van der Waals surface area contributed by atoms with Crippen molar-refractivity contribution in [2.24, 2.45) is 5.92 Å². The first-order valence-corrected chi connectivity index (χ1v) is 6.36. The second-order valence-corrected chi connectivity index (χ2v) is 4.91. The van der Waals surface area contributed by atoms with Crippen LogP contribution < -0.4 is 5.32 Å². The van der Waals surface area contributed by atoms with Gasteiger partial charge in [0.1, 0.15) is 0 Å². The molecule has 0 spiro atoms. The second kappa shape index (κ2) is 5.83. The van der Waals surface area contributed by atoms with Crippen LogP contribution in [0.3, 0.4) is 0 Å². The number of hydrogen-bond donors (Lipinski definition) is 2. The standard InChI is InChI=1S/C12H23NO2/c14-12-6-3-4-10(12)8-13-9-11-5-1-2-7-15-11/h10-14H,1-9H2. The smallest absolute Gasteiger partial charge is 0.0699 e. The molecule has 0 aromatic heterocycles. The van der Waals surface area contributed by atoms with E-state index in [1.54, 1.807) is 0 Å². The van der Waals surface area contributed by atoms with E-state index in [1.807, 2.05) is 0 Å². The molecule has 1 saturated carbocycles. The quantitative estimate of drug-likeness (QED) is 0.740. The van der Waals surface area contributed by atoms with Crippen molar-refractivity contribution in [1.82, 2.24) is 5.32 Å². The van der Waals surface area contributed by atoms with Crippen molar-refractivity contribution in [2.45, 2.75) is 50.7 Å². The first-order valence-electron chi connectivity index (χ1n) is 6.36. The van der Waals surface area contributed by atoms with E-state index in [4.69, 9.17) is 4.74 Å². The SMILES string of the molecule is OC1CCCC1CNCC1CCCCO1. The molecular formula is C12H23NO2. The van der Waals surface area contributed by atoms with Gasteiger partial charge >= 0.3 is 0 Å². The van der Waals surface area contributed by atoms with Crippen molar-refractivity contribution >= 4 is 0 Å². The predicted molar refractivity (Wildman–Crippen MR) is 59.8 cm³/mol. The number of hydrogen-bond acceptors (Lipinski definition) is 3. The van der Waals surface area contributed by atoms with Crippen LogP contribution in [0.4, 0.5) is 0 Å². The van der Waals surface area contributed by atoms with Crippen LogP contribution in [0.5, 0.6) is 0 Å². The van der Waals surface area contributed by atoms with Gasteiger partial charge in [0.2, 0.25) is 0 Å². The summed E-state index contributed by atoms with van der Waals surface area (Å²) in [6, 6.07) is 0. The van der Waals surface area contributed by atoms with Gasteiger partial charge < -0.3 is 15.2 Å². The largest absolute Gasteiger partial charge is 0.393 e. The van der Waals surface area contributed by atoms with Crippen molar-refractivity contribution in [3.63, 3.8) is 0 Å². The van der Waals surface area contributed by atoms with Gasteiger partial charge in [-0.25, -0.2) is 0 Å². The fraction of sp³-hybridized carbons (Fsp3) is 1.00. The lowest BCUT2D eigenvalue weighted by Crippen LogP contribution is -2.36. The fourth-order valence-corrected chi connectivity index (χ4v) is 2.65. The molecule has 1 saturated heterocycles. The first kappa shape index (κ1) is 11.4. The first-order chi connectivity index (χ1) is 7.36. The van der Waals surface area contributed by atoms with E-state index in [0.717, 1.165) is 26.1 Å². The zero-order chi connectivity index (χ0) is 10.5. The van der Waals surface area contributed by atoms with Crippen molar-refractivity contribution < 1.29 is 9.84 Å². The Bertz CT molecular complexity index is 180. The third-order valence-corrected chi connectivity index (χ3v) is 3.67. The van der Waals surface area contributed by atoms with E-state index in [0.29, 0.717) is 12.0 Å². The Hall–Kier alpha value is -0.120. The summed E-state index contributed by atoms with van der Waals surface area (Å²) in [5, 5.41) is 13.1. The molecule has 2 fully saturated rings. The zero-order valence-corrected chi connectivity index (χ0v) is 9.45. The van der Waals surface area contributed by atoms with Gasteiger partial charge in [0.05, 0.1) is 12.2 Å². The van der Waals surface area contributed by atoms with Crippen LogP contribution in [0.1, 0.15) is 38.5 Å². The molecule has 0 bridgehead atoms. The second-order valence-electron chi connectivity index (χ2n) is 4.91. The van der Waals surface area contributed by atoms with Crippen molar-refractivity contribution in [3.05, 3.63) is 0 Å². The van der Waals surface area contributed by atoms with Gasteiger partial charge in [-0.3, -0.25) is 0 Å². The minimum Gasteiger partial charge on any atom is -0.393 e. The van der Waals surface area contributed by atoms with Crippen molar-refractivity contribution in [2.75, 3.05) is 19.7 Å². The average Bonchev–Trinajstić information content (AvgIpc) is 2.66. The van der Waals surface area contributed by atoms with Crippen LogP contribution in [0.25, 0.3) is 0 Å². The van der Waals surface area contributed by atoms with Gasteiger partial charge in [-0.2, -0.15) is 0 Å². The van der Waals surface area contributed by atoms with Gasteiger partial charge in [-0.15, -0.1) is 0 Å². The highest BCUT2D eigenvalue weighted by Crippen LogP contribution is 2.24. The highest BCUT2D eigenvalue weighted by Gasteiger charge is 2.24. The third-order valence-electron chi connectivity index (χ3n) is 3.67. The van der Waals surface area contributed by atoms with Gasteiger partial charge in [0.15, 0.2) is 0 Å². The van der Waals surface area contributed by atoms with E-state index in [2.05, 4.69) is 5.32 Å². The van der Waals surface area contributed by atoms with Gasteiger partial charge in [-0.1, -0.05) is 6.42 Å². The summed E-state index contributed by atoms with van der Waals surface area (Å²) in [5.74, 6) is 0.480. The highest BCUT2D eigenvalue weighted by atomic mass is 16.5. The summed E-state index contributed by atoms with van der Waals surface area (Å²) in [4.78, 5) is 0. The van der Waals surface area contributed by atoms with Crippen molar-refractivity contribution in [3.8, 4) is 0 Å². The summed E-state index contributed by atoms with van der Waals surface area (Å²) in [6.07, 6.45) is 7.43. The van der Waals surface area contributed by atoms with Crippen molar-refractivity contribution in [1.29, 1.82) is 0 Å². The average molecular weight is 213 g/mol. The van der Waals surface area contributed by atoms with E-state index in [1.165, 1.54) is 32.1 Å². The predicted octanol–water partition coefficient (Wildman–Crippen LogP) is 1.31. The van der Waals surface area contributed by atoms with E-state index in [9.17, 15) is 5.11 Å². The maximum absolute atomic E-state index is 9.65. The molecular weight excluding hydrogens is 190 g/mol. The monoisotopic (exact) mass is 213 g/mol. The van der Waals surface area contributed by atoms with Crippen LogP contribution in [-0.4, -0.2) is 37.0 Å². The molecule has 3 atom stereocenters. The fourth-order valence-electron chi connectivity index (χ4n) is 2.65. The summed E-state index contributed by atoms with van der Waals surface area (Å²) in [5.41, 5.74) is 0. The number of aliphatic hydroxyl groups excluding tert-OH is 1. The molecule has 2 rings (SSSR count). The Balaban J connectivity index is 1.57. The van der Waals surface area contributed by atoms with Gasteiger partial charge in [-0.05, 0) is 38.0 Å². The summed E-state index contributed by atoms with van der Waals surface area (Å²) < 4.78 is 5.64. The Morgan fingerprint density at radius 2 is 2.00 bits per heavy atom. The third kappa shape index (κ3) is 3.44. The van der Waals surface area contributed by atoms with Gasteiger partial charge in [0.25, 0.3) is 0 Å². The van der Waals surface area contributed by atoms with Crippen LogP contribution in [0, 0.1) is 5.92 Å². The Labute approximate surface area is 92.2 Å². The highest BCUT2D eigenvalue weighted by molar-refractivity contribution is 4.79. The molecule has 2 aliphatic rings. The molecule has 0 radical (unpaired) electrons. The molecule has 3 unspecified atom stereocenters. The van der Waals surface area contributed by atoms with Gasteiger partial charge in [0, 0.05) is 19.7 Å². The van der Waals surface area contributed by atoms with Crippen LogP contribution >= 0.6 is 0 Å². The topological polar surface area (TPSA) is 41.5 Å². The summed E-state index contributed by atoms with van der Waals surface area (Å²) in [6.45, 7) is 2.85. The number of ether oxygens (including phenoxy) is 1. The Kier molecular flexibility index (Phi) is 4.42. The summed E-state index contributed by atoms with van der Waals surface area (Å²) in [7, 11) is 0. The molecule has 3 nitrogen and oxygen atoms in total. The lowest BCUT2D eigenvalue weighted by Gasteiger charge is -2.24. The molecule has 2 N–H and O–H groups in total. The number of nitrogens with one attached hydrogen (secondary N) is 1. The molecule has 1 heterocycles. The maximum atomic E-state index is 9.65. The minimum absolute atomic E-state index is 0.0650. The van der Waals surface area contributed by atoms with E-state index < -0.39 is 0 Å². The number of rotatable bonds is 4. The van der Waals surface area contributed by atoms with E-state index in [-0.39, 0.29) is 6.10 Å². The molecule has 88 valence electrons. The lowest BCUT2D eigenvalue weighted by molar-refractivity contribution is 0.0155. The maximum Gasteiger partial charge on any atom is 0.0699 e. The van der Waals surface area contributed by atoms with Crippen LogP contribution in [-0.2, 0) is 4.74 Å². The molecule has 1 aliphatic carbocycles. The molecule has 15 heavy (non-hydrogen) atoms. The molecule has 0 amide bonds. The minimum atomic E-state index is -0.0650. The molecule has 1 aliphatic heterocycles. The van der Waals surface area contributed by atoms with Crippen LogP contribution in [0.15, 0.2) is 0 Å². The van der Waals surface area contributed by atoms with E-state index >= 15 is 0 Å². The normalized spacial score (nSPS) is 37.0. The molecule has 0 aromatic rings.